The van der Waals surface area contributed by atoms with E-state index >= 15 is 0 Å². The maximum atomic E-state index is 11.7. The summed E-state index contributed by atoms with van der Waals surface area (Å²) in [5.41, 5.74) is 4.95. The minimum absolute atomic E-state index is 0.00516. The number of phenols is 1. The smallest absolute Gasteiger partial charge is 0.293 e. The number of nitrogens with one attached hydrogen (secondary N) is 2. The Morgan fingerprint density at radius 3 is 2.79 bits per heavy atom. The van der Waals surface area contributed by atoms with E-state index in [1.807, 2.05) is 0 Å². The van der Waals surface area contributed by atoms with Crippen molar-refractivity contribution >= 4 is 23.2 Å². The van der Waals surface area contributed by atoms with E-state index in [0.29, 0.717) is 0 Å². The Morgan fingerprint density at radius 2 is 2.26 bits per heavy atom. The molecule has 0 fully saturated rings. The molecule has 1 aromatic carbocycles. The predicted molar refractivity (Wildman–Crippen MR) is 63.5 cm³/mol. The lowest BCUT2D eigenvalue weighted by molar-refractivity contribution is -0.384. The Labute approximate surface area is 105 Å². The maximum absolute atomic E-state index is 11.7. The first-order valence-corrected chi connectivity index (χ1v) is 4.94. The zero-order chi connectivity index (χ0) is 14.0. The number of hydrogen-bond donors (Lipinski definition) is 4. The van der Waals surface area contributed by atoms with E-state index < -0.39 is 16.6 Å². The molecule has 0 saturated heterocycles. The summed E-state index contributed by atoms with van der Waals surface area (Å²) in [4.78, 5) is 25.1. The zero-order valence-electron chi connectivity index (χ0n) is 9.32. The number of aromatic hydroxyl groups is 1. The van der Waals surface area contributed by atoms with Gasteiger partial charge in [0.15, 0.2) is 0 Å². The van der Waals surface area contributed by atoms with E-state index in [4.69, 9.17) is 5.73 Å². The fraction of sp³-hybridized carbons (Fsp3) is 0. The van der Waals surface area contributed by atoms with Gasteiger partial charge >= 0.3 is 0 Å². The molecule has 10 heteroatoms. The summed E-state index contributed by atoms with van der Waals surface area (Å²) in [7, 11) is 0. The first kappa shape index (κ1) is 12.3. The molecule has 98 valence electrons. The summed E-state index contributed by atoms with van der Waals surface area (Å²) in [5, 5.41) is 28.1. The molecule has 2 rings (SSSR count). The van der Waals surface area contributed by atoms with Crippen LogP contribution >= 0.6 is 0 Å². The van der Waals surface area contributed by atoms with Gasteiger partial charge in [0, 0.05) is 6.07 Å². The number of nitrogens with two attached hydrogens (primary N) is 1. The van der Waals surface area contributed by atoms with Crippen molar-refractivity contribution in [3.05, 3.63) is 34.1 Å². The molecule has 0 saturated carbocycles. The van der Waals surface area contributed by atoms with Gasteiger partial charge in [0.25, 0.3) is 11.6 Å². The Bertz CT molecular complexity index is 652. The van der Waals surface area contributed by atoms with Gasteiger partial charge in [0.2, 0.25) is 11.8 Å². The van der Waals surface area contributed by atoms with Gasteiger partial charge in [-0.05, 0) is 6.07 Å². The highest BCUT2D eigenvalue weighted by Crippen LogP contribution is 2.27. The van der Waals surface area contributed by atoms with Crippen molar-refractivity contribution in [2.24, 2.45) is 0 Å². The molecule has 5 N–H and O–H groups in total. The van der Waals surface area contributed by atoms with Crippen molar-refractivity contribution in [3.63, 3.8) is 0 Å². The highest BCUT2D eigenvalue weighted by atomic mass is 16.6. The number of phenolic OH excluding ortho intramolecular Hbond substituents is 1. The standard InChI is InChI=1S/C9H8N6O4/c10-9-12-7(13-14-9)8(17)11-5-2-1-4(15(18)19)3-6(5)16/h1-3,16H,(H,11,17)(H3,10,12,13,14). The number of aromatic amines is 1. The SMILES string of the molecule is Nc1n[nH]c(C(=O)Nc2ccc([N+](=O)[O-])cc2O)n1. The fourth-order valence-corrected chi connectivity index (χ4v) is 1.30. The third-order valence-corrected chi connectivity index (χ3v) is 2.16. The average molecular weight is 264 g/mol. The van der Waals surface area contributed by atoms with Crippen LogP contribution in [0.3, 0.4) is 0 Å². The van der Waals surface area contributed by atoms with Crippen LogP contribution in [0.15, 0.2) is 18.2 Å². The lowest BCUT2D eigenvalue weighted by Gasteiger charge is -2.04. The molecule has 0 aliphatic rings. The minimum atomic E-state index is -0.687. The van der Waals surface area contributed by atoms with Crippen LogP contribution < -0.4 is 11.1 Å². The van der Waals surface area contributed by atoms with Gasteiger partial charge in [0.05, 0.1) is 16.7 Å². The van der Waals surface area contributed by atoms with Crippen molar-refractivity contribution in [1.29, 1.82) is 0 Å². The molecule has 10 nitrogen and oxygen atoms in total. The Balaban J connectivity index is 2.20. The second-order valence-corrected chi connectivity index (χ2v) is 3.45. The monoisotopic (exact) mass is 264 g/mol. The van der Waals surface area contributed by atoms with Crippen LogP contribution in [0.4, 0.5) is 17.3 Å². The molecule has 19 heavy (non-hydrogen) atoms. The number of carbonyl (C=O) groups is 1. The summed E-state index contributed by atoms with van der Waals surface area (Å²) in [6.07, 6.45) is 0. The average Bonchev–Trinajstić information content (AvgIpc) is 2.78. The summed E-state index contributed by atoms with van der Waals surface area (Å²) in [5.74, 6) is -1.36. The van der Waals surface area contributed by atoms with Crippen LogP contribution in [0.25, 0.3) is 0 Å². The van der Waals surface area contributed by atoms with Crippen molar-refractivity contribution in [2.75, 3.05) is 11.1 Å². The molecule has 1 heterocycles. The number of nitrogens with zero attached hydrogens (tertiary/aromatic N) is 3. The highest BCUT2D eigenvalue weighted by molar-refractivity contribution is 6.02. The van der Waals surface area contributed by atoms with Gasteiger partial charge in [-0.15, -0.1) is 5.10 Å². The third-order valence-electron chi connectivity index (χ3n) is 2.16. The van der Waals surface area contributed by atoms with Crippen LogP contribution in [0.5, 0.6) is 5.75 Å². The normalized spacial score (nSPS) is 10.1. The van der Waals surface area contributed by atoms with Gasteiger partial charge in [0.1, 0.15) is 5.75 Å². The minimum Gasteiger partial charge on any atom is -0.506 e. The molecule has 0 aliphatic heterocycles. The highest BCUT2D eigenvalue weighted by Gasteiger charge is 2.15. The number of rotatable bonds is 3. The number of carbonyl (C=O) groups excluding carboxylic acids is 1. The van der Waals surface area contributed by atoms with Gasteiger partial charge in [-0.2, -0.15) is 4.98 Å². The van der Waals surface area contributed by atoms with Gasteiger partial charge in [-0.3, -0.25) is 20.0 Å². The molecule has 2 aromatic rings. The largest absolute Gasteiger partial charge is 0.506 e. The number of anilines is 2. The topological polar surface area (TPSA) is 160 Å². The number of nitro groups is 1. The number of hydrogen-bond acceptors (Lipinski definition) is 7. The van der Waals surface area contributed by atoms with Crippen molar-refractivity contribution in [1.82, 2.24) is 15.2 Å². The number of nitrogen functional groups attached to an aromatic ring is 1. The number of benzene rings is 1. The quantitative estimate of drug-likeness (QED) is 0.351. The van der Waals surface area contributed by atoms with Crippen molar-refractivity contribution < 1.29 is 14.8 Å². The Hall–Kier alpha value is -3.17. The van der Waals surface area contributed by atoms with Crippen molar-refractivity contribution in [3.8, 4) is 5.75 Å². The second-order valence-electron chi connectivity index (χ2n) is 3.45. The van der Waals surface area contributed by atoms with E-state index in [2.05, 4.69) is 20.5 Å². The lowest BCUT2D eigenvalue weighted by atomic mass is 10.2. The Kier molecular flexibility index (Phi) is 2.98. The number of amides is 1. The van der Waals surface area contributed by atoms with Crippen molar-refractivity contribution in [2.45, 2.75) is 0 Å². The molecule has 0 unspecified atom stereocenters. The first-order chi connectivity index (χ1) is 8.97. The molecule has 0 radical (unpaired) electrons. The Morgan fingerprint density at radius 1 is 1.53 bits per heavy atom. The van der Waals surface area contributed by atoms with E-state index in [-0.39, 0.29) is 23.1 Å². The first-order valence-electron chi connectivity index (χ1n) is 4.94. The second kappa shape index (κ2) is 4.60. The molecular weight excluding hydrogens is 256 g/mol. The molecule has 0 bridgehead atoms. The number of aromatic nitrogens is 3. The summed E-state index contributed by atoms with van der Waals surface area (Å²) in [6, 6.07) is 3.26. The predicted octanol–water partition coefficient (Wildman–Crippen LogP) is 0.253. The van der Waals surface area contributed by atoms with E-state index in [9.17, 15) is 20.0 Å². The van der Waals surface area contributed by atoms with E-state index in [1.165, 1.54) is 6.07 Å². The van der Waals surface area contributed by atoms with Crippen LogP contribution in [0, 0.1) is 10.1 Å². The molecular formula is C9H8N6O4. The molecule has 0 atom stereocenters. The van der Waals surface area contributed by atoms with Gasteiger partial charge in [-0.25, -0.2) is 0 Å². The van der Waals surface area contributed by atoms with E-state index in [0.717, 1.165) is 12.1 Å². The van der Waals surface area contributed by atoms with Gasteiger partial charge < -0.3 is 16.2 Å². The zero-order valence-corrected chi connectivity index (χ0v) is 9.32. The molecule has 1 amide bonds. The van der Waals surface area contributed by atoms with Crippen LogP contribution in [0.1, 0.15) is 10.6 Å². The molecule has 1 aromatic heterocycles. The number of H-pyrrole nitrogens is 1. The van der Waals surface area contributed by atoms with Gasteiger partial charge in [-0.1, -0.05) is 0 Å². The molecule has 0 aliphatic carbocycles. The van der Waals surface area contributed by atoms with Crippen LogP contribution in [-0.4, -0.2) is 31.1 Å². The summed E-state index contributed by atoms with van der Waals surface area (Å²) >= 11 is 0. The maximum Gasteiger partial charge on any atom is 0.293 e. The van der Waals surface area contributed by atoms with E-state index in [1.54, 1.807) is 0 Å². The van der Waals surface area contributed by atoms with Crippen LogP contribution in [-0.2, 0) is 0 Å². The van der Waals surface area contributed by atoms with Crippen LogP contribution in [0.2, 0.25) is 0 Å². The molecule has 0 spiro atoms. The summed E-state index contributed by atoms with van der Waals surface area (Å²) < 4.78 is 0. The number of non-ortho nitro benzene ring substituents is 1. The lowest BCUT2D eigenvalue weighted by Crippen LogP contribution is -2.14. The summed E-state index contributed by atoms with van der Waals surface area (Å²) in [6.45, 7) is 0. The fourth-order valence-electron chi connectivity index (χ4n) is 1.30. The third kappa shape index (κ3) is 2.57. The number of nitro benzene ring substituents is 1.